The number of hydrogen-bond acceptors (Lipinski definition) is 3. The fraction of sp³-hybridized carbons (Fsp3) is 0.200. The molecule has 0 spiro atoms. The first-order valence-corrected chi connectivity index (χ1v) is 6.59. The second-order valence-electron chi connectivity index (χ2n) is 4.68. The van der Waals surface area contributed by atoms with Crippen molar-refractivity contribution in [2.24, 2.45) is 7.05 Å². The molecule has 0 unspecified atom stereocenters. The van der Waals surface area contributed by atoms with Gasteiger partial charge in [-0.05, 0) is 23.8 Å². The Bertz CT molecular complexity index is 652. The maximum Gasteiger partial charge on any atom is 0.122 e. The zero-order valence-corrected chi connectivity index (χ0v) is 11.4. The van der Waals surface area contributed by atoms with Gasteiger partial charge in [0.15, 0.2) is 0 Å². The summed E-state index contributed by atoms with van der Waals surface area (Å²) < 4.78 is 3.87. The maximum absolute atomic E-state index is 4.28. The molecular formula is C15H17N5. The lowest BCUT2D eigenvalue weighted by molar-refractivity contribution is 0.639. The smallest absolute Gasteiger partial charge is 0.122 e. The number of nitrogens with one attached hydrogen (secondary N) is 1. The van der Waals surface area contributed by atoms with Crippen molar-refractivity contribution in [3.8, 4) is 5.69 Å². The van der Waals surface area contributed by atoms with Gasteiger partial charge < -0.3 is 9.88 Å². The van der Waals surface area contributed by atoms with Gasteiger partial charge in [-0.15, -0.1) is 0 Å². The second kappa shape index (κ2) is 5.71. The van der Waals surface area contributed by atoms with Crippen molar-refractivity contribution in [2.75, 3.05) is 0 Å². The van der Waals surface area contributed by atoms with E-state index in [2.05, 4.69) is 39.7 Å². The van der Waals surface area contributed by atoms with E-state index in [9.17, 15) is 0 Å². The number of aryl methyl sites for hydroxylation is 1. The highest BCUT2D eigenvalue weighted by atomic mass is 15.3. The molecule has 2 heterocycles. The van der Waals surface area contributed by atoms with Crippen LogP contribution in [0.2, 0.25) is 0 Å². The Morgan fingerprint density at radius 3 is 2.55 bits per heavy atom. The molecule has 0 saturated heterocycles. The average molecular weight is 267 g/mol. The standard InChI is InChI=1S/C15H17N5/c1-19-10-8-17-15(19)12-16-11-13-3-5-14(6-4-13)20-9-2-7-18-20/h2-10,16H,11-12H2,1H3. The van der Waals surface area contributed by atoms with Crippen molar-refractivity contribution >= 4 is 0 Å². The minimum Gasteiger partial charge on any atom is -0.337 e. The highest BCUT2D eigenvalue weighted by Crippen LogP contribution is 2.08. The molecule has 102 valence electrons. The Labute approximate surface area is 117 Å². The first kappa shape index (κ1) is 12.6. The maximum atomic E-state index is 4.28. The van der Waals surface area contributed by atoms with Crippen LogP contribution in [0.3, 0.4) is 0 Å². The molecule has 0 aliphatic carbocycles. The molecule has 20 heavy (non-hydrogen) atoms. The molecule has 0 saturated carbocycles. The largest absolute Gasteiger partial charge is 0.337 e. The van der Waals surface area contributed by atoms with Crippen LogP contribution in [0, 0.1) is 0 Å². The van der Waals surface area contributed by atoms with E-state index in [4.69, 9.17) is 0 Å². The van der Waals surface area contributed by atoms with Gasteiger partial charge in [0.05, 0.1) is 12.2 Å². The lowest BCUT2D eigenvalue weighted by Gasteiger charge is -2.06. The van der Waals surface area contributed by atoms with E-state index in [1.54, 1.807) is 6.20 Å². The molecule has 1 aromatic carbocycles. The molecule has 2 aromatic heterocycles. The summed E-state index contributed by atoms with van der Waals surface area (Å²) in [5.74, 6) is 1.04. The summed E-state index contributed by atoms with van der Waals surface area (Å²) in [7, 11) is 2.00. The topological polar surface area (TPSA) is 47.7 Å². The average Bonchev–Trinajstić information content (AvgIpc) is 3.12. The second-order valence-corrected chi connectivity index (χ2v) is 4.68. The van der Waals surface area contributed by atoms with Crippen LogP contribution in [0.15, 0.2) is 55.1 Å². The quantitative estimate of drug-likeness (QED) is 0.768. The van der Waals surface area contributed by atoms with Crippen molar-refractivity contribution in [1.29, 1.82) is 0 Å². The number of aromatic nitrogens is 4. The van der Waals surface area contributed by atoms with Gasteiger partial charge >= 0.3 is 0 Å². The summed E-state index contributed by atoms with van der Waals surface area (Å²) in [4.78, 5) is 4.28. The van der Waals surface area contributed by atoms with Crippen LogP contribution >= 0.6 is 0 Å². The molecule has 5 heteroatoms. The van der Waals surface area contributed by atoms with E-state index < -0.39 is 0 Å². The Balaban J connectivity index is 1.57. The summed E-state index contributed by atoms with van der Waals surface area (Å²) >= 11 is 0. The van der Waals surface area contributed by atoms with Crippen molar-refractivity contribution in [1.82, 2.24) is 24.6 Å². The number of hydrogen-bond donors (Lipinski definition) is 1. The minimum atomic E-state index is 0.768. The van der Waals surface area contributed by atoms with Gasteiger partial charge in [-0.1, -0.05) is 12.1 Å². The summed E-state index contributed by atoms with van der Waals surface area (Å²) in [6, 6.07) is 10.3. The molecule has 0 aliphatic heterocycles. The number of rotatable bonds is 5. The Kier molecular flexibility index (Phi) is 3.60. The van der Waals surface area contributed by atoms with E-state index in [1.165, 1.54) is 5.56 Å². The summed E-state index contributed by atoms with van der Waals surface area (Å²) in [5, 5.41) is 7.61. The van der Waals surface area contributed by atoms with E-state index in [1.807, 2.05) is 41.0 Å². The summed E-state index contributed by atoms with van der Waals surface area (Å²) in [6.45, 7) is 1.59. The zero-order valence-electron chi connectivity index (χ0n) is 11.4. The highest BCUT2D eigenvalue weighted by molar-refractivity contribution is 5.33. The third kappa shape index (κ3) is 2.78. The van der Waals surface area contributed by atoms with E-state index in [-0.39, 0.29) is 0 Å². The van der Waals surface area contributed by atoms with Gasteiger partial charge in [0.1, 0.15) is 5.82 Å². The molecular weight excluding hydrogens is 250 g/mol. The SMILES string of the molecule is Cn1ccnc1CNCc1ccc(-n2cccn2)cc1. The minimum absolute atomic E-state index is 0.768. The fourth-order valence-electron chi connectivity index (χ4n) is 2.07. The molecule has 0 fully saturated rings. The van der Waals surface area contributed by atoms with Gasteiger partial charge in [0.2, 0.25) is 0 Å². The molecule has 0 atom stereocenters. The van der Waals surface area contributed by atoms with Gasteiger partial charge in [0, 0.05) is 38.4 Å². The number of nitrogens with zero attached hydrogens (tertiary/aromatic N) is 4. The number of benzene rings is 1. The van der Waals surface area contributed by atoms with Crippen LogP contribution in [0.1, 0.15) is 11.4 Å². The van der Waals surface area contributed by atoms with Crippen molar-refractivity contribution in [2.45, 2.75) is 13.1 Å². The van der Waals surface area contributed by atoms with Crippen LogP contribution in [0.5, 0.6) is 0 Å². The Morgan fingerprint density at radius 2 is 1.90 bits per heavy atom. The molecule has 1 N–H and O–H groups in total. The lowest BCUT2D eigenvalue weighted by atomic mass is 10.2. The van der Waals surface area contributed by atoms with Gasteiger partial charge in [0.25, 0.3) is 0 Å². The zero-order chi connectivity index (χ0) is 13.8. The Morgan fingerprint density at radius 1 is 1.05 bits per heavy atom. The van der Waals surface area contributed by atoms with Gasteiger partial charge in [-0.2, -0.15) is 5.10 Å². The fourth-order valence-corrected chi connectivity index (χ4v) is 2.07. The predicted molar refractivity (Wildman–Crippen MR) is 77.3 cm³/mol. The highest BCUT2D eigenvalue weighted by Gasteiger charge is 2.00. The van der Waals surface area contributed by atoms with Gasteiger partial charge in [-0.25, -0.2) is 9.67 Å². The monoisotopic (exact) mass is 267 g/mol. The summed E-state index contributed by atoms with van der Waals surface area (Å²) in [5.41, 5.74) is 2.32. The predicted octanol–water partition coefficient (Wildman–Crippen LogP) is 1.90. The third-order valence-corrected chi connectivity index (χ3v) is 3.24. The molecule has 0 radical (unpaired) electrons. The van der Waals surface area contributed by atoms with Crippen molar-refractivity contribution < 1.29 is 0 Å². The molecule has 0 amide bonds. The van der Waals surface area contributed by atoms with Crippen LogP contribution in [-0.4, -0.2) is 19.3 Å². The van der Waals surface area contributed by atoms with E-state index in [0.29, 0.717) is 0 Å². The van der Waals surface area contributed by atoms with Crippen LogP contribution in [-0.2, 0) is 20.1 Å². The molecule has 0 aliphatic rings. The van der Waals surface area contributed by atoms with E-state index >= 15 is 0 Å². The van der Waals surface area contributed by atoms with Crippen molar-refractivity contribution in [3.63, 3.8) is 0 Å². The van der Waals surface area contributed by atoms with Crippen LogP contribution in [0.25, 0.3) is 5.69 Å². The van der Waals surface area contributed by atoms with Crippen molar-refractivity contribution in [3.05, 3.63) is 66.5 Å². The number of imidazole rings is 1. The van der Waals surface area contributed by atoms with Crippen LogP contribution in [0.4, 0.5) is 0 Å². The third-order valence-electron chi connectivity index (χ3n) is 3.24. The summed E-state index contributed by atoms with van der Waals surface area (Å²) in [6.07, 6.45) is 7.49. The molecule has 5 nitrogen and oxygen atoms in total. The van der Waals surface area contributed by atoms with Gasteiger partial charge in [-0.3, -0.25) is 0 Å². The molecule has 3 rings (SSSR count). The first-order valence-electron chi connectivity index (χ1n) is 6.59. The van der Waals surface area contributed by atoms with Crippen LogP contribution < -0.4 is 5.32 Å². The lowest BCUT2D eigenvalue weighted by Crippen LogP contribution is -2.15. The molecule has 3 aromatic rings. The Hall–Kier alpha value is -2.40. The first-order chi connectivity index (χ1) is 9.83. The molecule has 0 bridgehead atoms. The normalized spacial score (nSPS) is 10.8. The van der Waals surface area contributed by atoms with E-state index in [0.717, 1.165) is 24.6 Å².